The Morgan fingerprint density at radius 1 is 0.932 bits per heavy atom. The van der Waals surface area contributed by atoms with Gasteiger partial charge in [0, 0.05) is 39.6 Å². The molecule has 4 aromatic rings. The topological polar surface area (TPSA) is 128 Å². The van der Waals surface area contributed by atoms with E-state index in [1.165, 1.54) is 0 Å². The highest BCUT2D eigenvalue weighted by Crippen LogP contribution is 2.36. The number of benzene rings is 3. The maximum atomic E-state index is 13.3. The lowest BCUT2D eigenvalue weighted by atomic mass is 10.1. The molecule has 0 spiro atoms. The van der Waals surface area contributed by atoms with Crippen LogP contribution in [0.2, 0.25) is 0 Å². The summed E-state index contributed by atoms with van der Waals surface area (Å²) in [5.41, 5.74) is 3.35. The summed E-state index contributed by atoms with van der Waals surface area (Å²) in [7, 11) is 0. The van der Waals surface area contributed by atoms with E-state index in [9.17, 15) is 19.2 Å². The molecule has 0 saturated carbocycles. The SMILES string of the molecule is CCOc1ccc(NC(=O)CN2C(=O)S/C(=C\c3c(C)n(CC(=O)Nc4ccc5c(c4)OCO5)c4ccccc34)C2=O)cc1. The van der Waals surface area contributed by atoms with Gasteiger partial charge < -0.3 is 29.4 Å². The molecule has 0 bridgehead atoms. The second kappa shape index (κ2) is 12.2. The van der Waals surface area contributed by atoms with Crippen molar-refractivity contribution in [2.75, 3.05) is 30.6 Å². The van der Waals surface area contributed by atoms with Gasteiger partial charge in [0.05, 0.1) is 11.5 Å². The third kappa shape index (κ3) is 5.84. The van der Waals surface area contributed by atoms with Crippen LogP contribution in [-0.2, 0) is 20.9 Å². The van der Waals surface area contributed by atoms with Crippen LogP contribution in [0.15, 0.2) is 71.6 Å². The van der Waals surface area contributed by atoms with Gasteiger partial charge in [-0.3, -0.25) is 24.1 Å². The van der Waals surface area contributed by atoms with Crippen molar-refractivity contribution in [2.24, 2.45) is 0 Å². The number of para-hydroxylation sites is 1. The highest BCUT2D eigenvalue weighted by atomic mass is 32.2. The number of hydrogen-bond acceptors (Lipinski definition) is 8. The van der Waals surface area contributed by atoms with E-state index in [1.807, 2.05) is 42.7 Å². The van der Waals surface area contributed by atoms with Gasteiger partial charge in [-0.05, 0) is 74.1 Å². The summed E-state index contributed by atoms with van der Waals surface area (Å²) >= 11 is 0.776. The summed E-state index contributed by atoms with van der Waals surface area (Å²) in [4.78, 5) is 52.9. The number of amides is 4. The van der Waals surface area contributed by atoms with Crippen LogP contribution < -0.4 is 24.8 Å². The van der Waals surface area contributed by atoms with E-state index in [0.29, 0.717) is 40.8 Å². The number of aromatic nitrogens is 1. The number of hydrogen-bond donors (Lipinski definition) is 2. The van der Waals surface area contributed by atoms with Gasteiger partial charge >= 0.3 is 0 Å². The maximum Gasteiger partial charge on any atom is 0.294 e. The number of nitrogens with one attached hydrogen (secondary N) is 2. The van der Waals surface area contributed by atoms with Gasteiger partial charge in [-0.1, -0.05) is 18.2 Å². The van der Waals surface area contributed by atoms with E-state index in [2.05, 4.69) is 10.6 Å². The smallest absolute Gasteiger partial charge is 0.294 e. The fourth-order valence-electron chi connectivity index (χ4n) is 5.07. The average molecular weight is 613 g/mol. The Bertz CT molecular complexity index is 1830. The van der Waals surface area contributed by atoms with Gasteiger partial charge in [0.1, 0.15) is 18.8 Å². The lowest BCUT2D eigenvalue weighted by Crippen LogP contribution is -2.36. The number of rotatable bonds is 9. The summed E-state index contributed by atoms with van der Waals surface area (Å²) in [5, 5.41) is 5.88. The first kappa shape index (κ1) is 28.9. The molecule has 3 heterocycles. The Balaban J connectivity index is 1.18. The minimum atomic E-state index is -0.557. The van der Waals surface area contributed by atoms with Crippen LogP contribution >= 0.6 is 11.8 Å². The number of ether oxygens (including phenoxy) is 3. The first-order valence-corrected chi connectivity index (χ1v) is 14.7. The summed E-state index contributed by atoms with van der Waals surface area (Å²) in [5.74, 6) is 0.548. The van der Waals surface area contributed by atoms with Crippen molar-refractivity contribution in [3.8, 4) is 17.2 Å². The van der Waals surface area contributed by atoms with Gasteiger partial charge in [0.25, 0.3) is 11.1 Å². The molecule has 2 N–H and O–H groups in total. The van der Waals surface area contributed by atoms with Gasteiger partial charge in [-0.25, -0.2) is 0 Å². The van der Waals surface area contributed by atoms with E-state index in [0.717, 1.165) is 33.3 Å². The van der Waals surface area contributed by atoms with Crippen LogP contribution in [0.5, 0.6) is 17.2 Å². The normalized spacial score (nSPS) is 14.9. The Labute approximate surface area is 256 Å². The lowest BCUT2D eigenvalue weighted by Gasteiger charge is -2.12. The minimum Gasteiger partial charge on any atom is -0.494 e. The van der Waals surface area contributed by atoms with E-state index in [-0.39, 0.29) is 24.2 Å². The van der Waals surface area contributed by atoms with Crippen molar-refractivity contribution >= 4 is 63.1 Å². The minimum absolute atomic E-state index is 0.0157. The fourth-order valence-corrected chi connectivity index (χ4v) is 5.89. The maximum absolute atomic E-state index is 13.3. The summed E-state index contributed by atoms with van der Waals surface area (Å²) < 4.78 is 18.0. The van der Waals surface area contributed by atoms with E-state index in [4.69, 9.17) is 14.2 Å². The highest BCUT2D eigenvalue weighted by Gasteiger charge is 2.36. The first-order valence-electron chi connectivity index (χ1n) is 13.9. The molecule has 0 unspecified atom stereocenters. The highest BCUT2D eigenvalue weighted by molar-refractivity contribution is 8.18. The molecule has 3 aromatic carbocycles. The predicted octanol–water partition coefficient (Wildman–Crippen LogP) is 5.39. The molecule has 11 nitrogen and oxygen atoms in total. The quantitative estimate of drug-likeness (QED) is 0.241. The van der Waals surface area contributed by atoms with Gasteiger partial charge in [0.2, 0.25) is 18.6 Å². The zero-order chi connectivity index (χ0) is 30.8. The van der Waals surface area contributed by atoms with Crippen molar-refractivity contribution in [1.29, 1.82) is 0 Å². The van der Waals surface area contributed by atoms with Gasteiger partial charge in [-0.2, -0.15) is 0 Å². The largest absolute Gasteiger partial charge is 0.494 e. The standard InChI is InChI=1S/C32H28N4O7S/c1-3-41-22-11-8-20(9-12-22)33-30(38)17-36-31(39)28(44-32(36)40)15-24-19(2)35(25-7-5-4-6-23(24)25)16-29(37)34-21-10-13-26-27(14-21)43-18-42-26/h4-15H,3,16-18H2,1-2H3,(H,33,38)(H,34,37)/b28-15-. The van der Waals surface area contributed by atoms with Crippen LogP contribution in [-0.4, -0.2) is 52.4 Å². The lowest BCUT2D eigenvalue weighted by molar-refractivity contribution is -0.127. The monoisotopic (exact) mass is 612 g/mol. The Morgan fingerprint density at radius 3 is 2.43 bits per heavy atom. The molecular formula is C32H28N4O7S. The zero-order valence-corrected chi connectivity index (χ0v) is 24.7. The third-order valence-corrected chi connectivity index (χ3v) is 8.04. The zero-order valence-electron chi connectivity index (χ0n) is 23.9. The number of imide groups is 1. The summed E-state index contributed by atoms with van der Waals surface area (Å²) in [6.07, 6.45) is 1.65. The third-order valence-electron chi connectivity index (χ3n) is 7.14. The Hall–Kier alpha value is -5.23. The number of anilines is 2. The van der Waals surface area contributed by atoms with Crippen LogP contribution in [0, 0.1) is 6.92 Å². The van der Waals surface area contributed by atoms with E-state index < -0.39 is 23.6 Å². The second-order valence-electron chi connectivity index (χ2n) is 9.99. The van der Waals surface area contributed by atoms with Crippen molar-refractivity contribution in [3.05, 3.63) is 82.9 Å². The molecule has 224 valence electrons. The second-order valence-corrected chi connectivity index (χ2v) is 11.0. The number of carbonyl (C=O) groups excluding carboxylic acids is 4. The van der Waals surface area contributed by atoms with Crippen molar-refractivity contribution in [2.45, 2.75) is 20.4 Å². The van der Waals surface area contributed by atoms with E-state index >= 15 is 0 Å². The molecule has 1 saturated heterocycles. The number of fused-ring (bicyclic) bond motifs is 2. The molecule has 0 atom stereocenters. The molecule has 0 aliphatic carbocycles. The predicted molar refractivity (Wildman–Crippen MR) is 167 cm³/mol. The fraction of sp³-hybridized carbons (Fsp3) is 0.188. The molecule has 2 aliphatic heterocycles. The van der Waals surface area contributed by atoms with Crippen molar-refractivity contribution in [1.82, 2.24) is 9.47 Å². The van der Waals surface area contributed by atoms with Crippen LogP contribution in [0.25, 0.3) is 17.0 Å². The Kier molecular flexibility index (Phi) is 7.99. The molecule has 1 aromatic heterocycles. The van der Waals surface area contributed by atoms with Crippen molar-refractivity contribution in [3.63, 3.8) is 0 Å². The first-order chi connectivity index (χ1) is 21.3. The molecule has 12 heteroatoms. The molecular weight excluding hydrogens is 584 g/mol. The number of carbonyl (C=O) groups is 4. The molecule has 4 amide bonds. The van der Waals surface area contributed by atoms with Gasteiger partial charge in [0.15, 0.2) is 11.5 Å². The van der Waals surface area contributed by atoms with Crippen LogP contribution in [0.4, 0.5) is 16.2 Å². The van der Waals surface area contributed by atoms with E-state index in [1.54, 1.807) is 48.5 Å². The van der Waals surface area contributed by atoms with Gasteiger partial charge in [-0.15, -0.1) is 0 Å². The van der Waals surface area contributed by atoms with Crippen LogP contribution in [0.3, 0.4) is 0 Å². The molecule has 0 radical (unpaired) electrons. The summed E-state index contributed by atoms with van der Waals surface area (Å²) in [6.45, 7) is 3.99. The van der Waals surface area contributed by atoms with Crippen LogP contribution in [0.1, 0.15) is 18.2 Å². The number of nitrogens with zero attached hydrogens (tertiary/aromatic N) is 2. The summed E-state index contributed by atoms with van der Waals surface area (Å²) in [6, 6.07) is 19.5. The molecule has 44 heavy (non-hydrogen) atoms. The molecule has 2 aliphatic rings. The molecule has 6 rings (SSSR count). The Morgan fingerprint density at radius 2 is 1.64 bits per heavy atom. The average Bonchev–Trinajstić information content (AvgIpc) is 3.66. The molecule has 1 fully saturated rings. The van der Waals surface area contributed by atoms with Crippen molar-refractivity contribution < 1.29 is 33.4 Å². The number of thioether (sulfide) groups is 1.